The first-order chi connectivity index (χ1) is 10.8. The lowest BCUT2D eigenvalue weighted by molar-refractivity contribution is 0.447. The molecule has 2 heterocycles. The minimum absolute atomic E-state index is 0.623. The molecule has 22 heavy (non-hydrogen) atoms. The third-order valence-corrected chi connectivity index (χ3v) is 3.28. The van der Waals surface area contributed by atoms with Gasteiger partial charge in [-0.15, -0.1) is 0 Å². The number of hydrogen-bond donors (Lipinski definition) is 1. The molecule has 0 bridgehead atoms. The van der Waals surface area contributed by atoms with Crippen molar-refractivity contribution in [3.8, 4) is 11.6 Å². The summed E-state index contributed by atoms with van der Waals surface area (Å²) in [7, 11) is 0. The van der Waals surface area contributed by atoms with Crippen molar-refractivity contribution in [1.82, 2.24) is 10.3 Å². The van der Waals surface area contributed by atoms with Crippen LogP contribution in [0.15, 0.2) is 65.4 Å². The average molecular weight is 294 g/mol. The molecule has 0 fully saturated rings. The molecule has 0 atom stereocenters. The first-order valence-corrected chi connectivity index (χ1v) is 7.23. The topological polar surface area (TPSA) is 47.3 Å². The summed E-state index contributed by atoms with van der Waals surface area (Å²) in [6.07, 6.45) is 3.41. The Bertz CT molecular complexity index is 706. The van der Waals surface area contributed by atoms with Gasteiger partial charge in [0.15, 0.2) is 0 Å². The van der Waals surface area contributed by atoms with Crippen molar-refractivity contribution in [2.24, 2.45) is 0 Å². The lowest BCUT2D eigenvalue weighted by atomic mass is 10.2. The largest absolute Gasteiger partial charge is 0.468 e. The van der Waals surface area contributed by atoms with Crippen LogP contribution in [-0.2, 0) is 13.1 Å². The Morgan fingerprint density at radius 1 is 1.05 bits per heavy atom. The maximum absolute atomic E-state index is 5.88. The Morgan fingerprint density at radius 2 is 1.91 bits per heavy atom. The molecule has 0 radical (unpaired) electrons. The van der Waals surface area contributed by atoms with Crippen molar-refractivity contribution in [2.45, 2.75) is 20.0 Å². The smallest absolute Gasteiger partial charge is 0.223 e. The van der Waals surface area contributed by atoms with Crippen molar-refractivity contribution in [1.29, 1.82) is 0 Å². The van der Waals surface area contributed by atoms with Gasteiger partial charge < -0.3 is 14.5 Å². The number of benzene rings is 1. The number of nitrogens with one attached hydrogen (secondary N) is 1. The molecule has 1 aromatic carbocycles. The molecule has 2 aromatic heterocycles. The van der Waals surface area contributed by atoms with Gasteiger partial charge in [0.2, 0.25) is 5.88 Å². The summed E-state index contributed by atoms with van der Waals surface area (Å²) in [5.74, 6) is 2.32. The highest BCUT2D eigenvalue weighted by Gasteiger charge is 2.06. The lowest BCUT2D eigenvalue weighted by Crippen LogP contribution is -2.13. The molecule has 112 valence electrons. The average Bonchev–Trinajstić information content (AvgIpc) is 3.05. The minimum atomic E-state index is 0.623. The fourth-order valence-corrected chi connectivity index (χ4v) is 2.10. The van der Waals surface area contributed by atoms with E-state index >= 15 is 0 Å². The van der Waals surface area contributed by atoms with E-state index in [4.69, 9.17) is 9.15 Å². The Kier molecular flexibility index (Phi) is 4.51. The summed E-state index contributed by atoms with van der Waals surface area (Å²) in [5.41, 5.74) is 2.21. The molecular formula is C18H18N2O2. The van der Waals surface area contributed by atoms with Crippen LogP contribution < -0.4 is 10.1 Å². The Morgan fingerprint density at radius 3 is 2.68 bits per heavy atom. The molecular weight excluding hydrogens is 276 g/mol. The lowest BCUT2D eigenvalue weighted by Gasteiger charge is -2.10. The zero-order chi connectivity index (χ0) is 15.2. The first-order valence-electron chi connectivity index (χ1n) is 7.23. The number of nitrogens with zero attached hydrogens (tertiary/aromatic N) is 1. The highest BCUT2D eigenvalue weighted by Crippen LogP contribution is 2.23. The second kappa shape index (κ2) is 6.91. The van der Waals surface area contributed by atoms with Crippen molar-refractivity contribution in [2.75, 3.05) is 0 Å². The summed E-state index contributed by atoms with van der Waals surface area (Å²) in [4.78, 5) is 4.33. The van der Waals surface area contributed by atoms with E-state index in [1.807, 2.05) is 48.5 Å². The third kappa shape index (κ3) is 3.74. The number of aryl methyl sites for hydroxylation is 1. The van der Waals surface area contributed by atoms with E-state index in [-0.39, 0.29) is 0 Å². The predicted molar refractivity (Wildman–Crippen MR) is 84.7 cm³/mol. The minimum Gasteiger partial charge on any atom is -0.468 e. The molecule has 3 aromatic rings. The van der Waals surface area contributed by atoms with Gasteiger partial charge in [0, 0.05) is 18.3 Å². The van der Waals surface area contributed by atoms with E-state index in [0.29, 0.717) is 19.0 Å². The standard InChI is InChI=1S/C18H18N2O2/c1-14-6-8-16(9-7-14)22-18-15(4-2-10-20-18)12-19-13-17-5-3-11-21-17/h2-11,19H,12-13H2,1H3. The Balaban J connectivity index is 1.65. The van der Waals surface area contributed by atoms with E-state index in [0.717, 1.165) is 17.1 Å². The Hall–Kier alpha value is -2.59. The van der Waals surface area contributed by atoms with Crippen molar-refractivity contribution >= 4 is 0 Å². The molecule has 0 unspecified atom stereocenters. The summed E-state index contributed by atoms with van der Waals surface area (Å²) in [6, 6.07) is 15.7. The van der Waals surface area contributed by atoms with Crippen LogP contribution in [-0.4, -0.2) is 4.98 Å². The molecule has 0 saturated heterocycles. The van der Waals surface area contributed by atoms with Crippen LogP contribution in [0.25, 0.3) is 0 Å². The number of rotatable bonds is 6. The SMILES string of the molecule is Cc1ccc(Oc2ncccc2CNCc2ccco2)cc1. The zero-order valence-corrected chi connectivity index (χ0v) is 12.5. The summed E-state index contributed by atoms with van der Waals surface area (Å²) < 4.78 is 11.2. The molecule has 4 heteroatoms. The van der Waals surface area contributed by atoms with Gasteiger partial charge in [-0.3, -0.25) is 0 Å². The Labute approximate surface area is 129 Å². The quantitative estimate of drug-likeness (QED) is 0.744. The monoisotopic (exact) mass is 294 g/mol. The third-order valence-electron chi connectivity index (χ3n) is 3.28. The molecule has 1 N–H and O–H groups in total. The number of aromatic nitrogens is 1. The van der Waals surface area contributed by atoms with Crippen molar-refractivity contribution in [3.05, 3.63) is 77.9 Å². The van der Waals surface area contributed by atoms with Crippen LogP contribution in [0.5, 0.6) is 11.6 Å². The molecule has 0 amide bonds. The summed E-state index contributed by atoms with van der Waals surface area (Å²) >= 11 is 0. The fraction of sp³-hybridized carbons (Fsp3) is 0.167. The molecule has 0 saturated carbocycles. The van der Waals surface area contributed by atoms with Crippen LogP contribution in [0.4, 0.5) is 0 Å². The van der Waals surface area contributed by atoms with E-state index < -0.39 is 0 Å². The van der Waals surface area contributed by atoms with Crippen LogP contribution in [0, 0.1) is 6.92 Å². The molecule has 0 aliphatic rings. The second-order valence-corrected chi connectivity index (χ2v) is 5.07. The molecule has 4 nitrogen and oxygen atoms in total. The van der Waals surface area contributed by atoms with Gasteiger partial charge in [-0.2, -0.15) is 0 Å². The highest BCUT2D eigenvalue weighted by molar-refractivity contribution is 5.33. The maximum Gasteiger partial charge on any atom is 0.223 e. The number of ether oxygens (including phenoxy) is 1. The number of furan rings is 1. The van der Waals surface area contributed by atoms with Crippen molar-refractivity contribution < 1.29 is 9.15 Å². The second-order valence-electron chi connectivity index (χ2n) is 5.07. The van der Waals surface area contributed by atoms with Crippen molar-refractivity contribution in [3.63, 3.8) is 0 Å². The van der Waals surface area contributed by atoms with E-state index in [1.54, 1.807) is 12.5 Å². The fourth-order valence-electron chi connectivity index (χ4n) is 2.10. The predicted octanol–water partition coefficient (Wildman–Crippen LogP) is 4.07. The van der Waals surface area contributed by atoms with E-state index in [1.165, 1.54) is 5.56 Å². The van der Waals surface area contributed by atoms with Gasteiger partial charge in [-0.05, 0) is 37.3 Å². The normalized spacial score (nSPS) is 10.6. The molecule has 0 spiro atoms. The van der Waals surface area contributed by atoms with E-state index in [2.05, 4.69) is 17.2 Å². The van der Waals surface area contributed by atoms with Gasteiger partial charge in [0.05, 0.1) is 12.8 Å². The molecule has 0 aliphatic carbocycles. The molecule has 0 aliphatic heterocycles. The maximum atomic E-state index is 5.88. The highest BCUT2D eigenvalue weighted by atomic mass is 16.5. The van der Waals surface area contributed by atoms with Crippen LogP contribution >= 0.6 is 0 Å². The summed E-state index contributed by atoms with van der Waals surface area (Å²) in [5, 5.41) is 3.33. The zero-order valence-electron chi connectivity index (χ0n) is 12.5. The summed E-state index contributed by atoms with van der Waals surface area (Å²) in [6.45, 7) is 3.39. The van der Waals surface area contributed by atoms with Gasteiger partial charge in [0.25, 0.3) is 0 Å². The first kappa shape index (κ1) is 14.4. The van der Waals surface area contributed by atoms with Gasteiger partial charge >= 0.3 is 0 Å². The van der Waals surface area contributed by atoms with Crippen LogP contribution in [0.1, 0.15) is 16.9 Å². The van der Waals surface area contributed by atoms with E-state index in [9.17, 15) is 0 Å². The van der Waals surface area contributed by atoms with Gasteiger partial charge in [-0.25, -0.2) is 4.98 Å². The van der Waals surface area contributed by atoms with Crippen LogP contribution in [0.2, 0.25) is 0 Å². The van der Waals surface area contributed by atoms with Crippen LogP contribution in [0.3, 0.4) is 0 Å². The number of pyridine rings is 1. The van der Waals surface area contributed by atoms with Gasteiger partial charge in [0.1, 0.15) is 11.5 Å². The number of hydrogen-bond acceptors (Lipinski definition) is 4. The van der Waals surface area contributed by atoms with Gasteiger partial charge in [-0.1, -0.05) is 23.8 Å². The molecule has 3 rings (SSSR count).